The minimum absolute atomic E-state index is 0.140. The van der Waals surface area contributed by atoms with Crippen LogP contribution in [0.5, 0.6) is 0 Å². The van der Waals surface area contributed by atoms with Crippen molar-refractivity contribution in [2.75, 3.05) is 6.54 Å². The van der Waals surface area contributed by atoms with Crippen molar-refractivity contribution in [1.82, 2.24) is 20.3 Å². The molecule has 0 fully saturated rings. The van der Waals surface area contributed by atoms with Crippen LogP contribution in [-0.4, -0.2) is 32.9 Å². The number of nitrogens with one attached hydrogen (secondary N) is 3. The van der Waals surface area contributed by atoms with Crippen LogP contribution in [-0.2, 0) is 0 Å². The van der Waals surface area contributed by atoms with Gasteiger partial charge in [0.05, 0.1) is 16.5 Å². The number of amides is 1. The van der Waals surface area contributed by atoms with E-state index < -0.39 is 16.8 Å². The van der Waals surface area contributed by atoms with E-state index in [0.717, 1.165) is 0 Å². The SMILES string of the molecule is CCC(CC)(CN)NC(=O)c1cnc2[nH]c(=O)[nH]c(=O)c2c1. The minimum Gasteiger partial charge on any atom is -0.345 e. The molecular weight excluding hydrogens is 286 g/mol. The number of pyridine rings is 1. The predicted octanol–water partition coefficient (Wildman–Crippen LogP) is -0.141. The molecule has 2 aromatic heterocycles. The molecule has 0 bridgehead atoms. The zero-order valence-corrected chi connectivity index (χ0v) is 12.5. The molecule has 8 nitrogen and oxygen atoms in total. The van der Waals surface area contributed by atoms with Gasteiger partial charge in [0.1, 0.15) is 5.65 Å². The summed E-state index contributed by atoms with van der Waals surface area (Å²) in [7, 11) is 0. The molecule has 5 N–H and O–H groups in total. The molecular formula is C14H19N5O3. The van der Waals surface area contributed by atoms with E-state index >= 15 is 0 Å². The molecule has 0 spiro atoms. The summed E-state index contributed by atoms with van der Waals surface area (Å²) >= 11 is 0. The maximum absolute atomic E-state index is 12.4. The van der Waals surface area contributed by atoms with Gasteiger partial charge in [0.2, 0.25) is 0 Å². The molecule has 1 amide bonds. The smallest absolute Gasteiger partial charge is 0.327 e. The van der Waals surface area contributed by atoms with Gasteiger partial charge in [-0.1, -0.05) is 13.8 Å². The van der Waals surface area contributed by atoms with Crippen LogP contribution in [0.3, 0.4) is 0 Å². The van der Waals surface area contributed by atoms with Crippen LogP contribution in [0, 0.1) is 0 Å². The summed E-state index contributed by atoms with van der Waals surface area (Å²) in [5.41, 5.74) is 4.44. The number of carbonyl (C=O) groups excluding carboxylic acids is 1. The number of aromatic nitrogens is 3. The van der Waals surface area contributed by atoms with Crippen molar-refractivity contribution in [2.45, 2.75) is 32.2 Å². The molecule has 2 heterocycles. The lowest BCUT2D eigenvalue weighted by Crippen LogP contribution is -2.52. The molecule has 2 aromatic rings. The maximum Gasteiger partial charge on any atom is 0.327 e. The fourth-order valence-corrected chi connectivity index (χ4v) is 2.25. The summed E-state index contributed by atoms with van der Waals surface area (Å²) in [4.78, 5) is 43.8. The summed E-state index contributed by atoms with van der Waals surface area (Å²) in [5.74, 6) is -0.353. The van der Waals surface area contributed by atoms with E-state index in [9.17, 15) is 14.4 Å². The number of rotatable bonds is 5. The van der Waals surface area contributed by atoms with Crippen molar-refractivity contribution in [3.05, 3.63) is 38.7 Å². The standard InChI is InChI=1S/C14H19N5O3/c1-3-14(4-2,7-15)19-11(20)8-5-9-10(16-6-8)17-13(22)18-12(9)21/h5-6H,3-4,7,15H2,1-2H3,(H,19,20)(H2,16,17,18,21,22). The lowest BCUT2D eigenvalue weighted by molar-refractivity contribution is 0.0895. The molecule has 2 rings (SSSR count). The first-order valence-corrected chi connectivity index (χ1v) is 7.09. The van der Waals surface area contributed by atoms with Crippen molar-refractivity contribution in [3.8, 4) is 0 Å². The first kappa shape index (κ1) is 15.9. The van der Waals surface area contributed by atoms with Crippen LogP contribution in [0.4, 0.5) is 0 Å². The lowest BCUT2D eigenvalue weighted by atomic mass is 9.92. The molecule has 0 unspecified atom stereocenters. The van der Waals surface area contributed by atoms with Gasteiger partial charge in [0.15, 0.2) is 0 Å². The summed E-state index contributed by atoms with van der Waals surface area (Å²) < 4.78 is 0. The zero-order valence-electron chi connectivity index (χ0n) is 12.5. The highest BCUT2D eigenvalue weighted by Gasteiger charge is 2.27. The van der Waals surface area contributed by atoms with E-state index in [1.165, 1.54) is 12.3 Å². The number of carbonyl (C=O) groups is 1. The summed E-state index contributed by atoms with van der Waals surface area (Å²) in [6, 6.07) is 1.40. The third-order valence-electron chi connectivity index (χ3n) is 3.98. The van der Waals surface area contributed by atoms with Crippen molar-refractivity contribution in [1.29, 1.82) is 0 Å². The Labute approximate surface area is 126 Å². The molecule has 0 atom stereocenters. The monoisotopic (exact) mass is 305 g/mol. The van der Waals surface area contributed by atoms with E-state index in [1.807, 2.05) is 13.8 Å². The van der Waals surface area contributed by atoms with Crippen LogP contribution < -0.4 is 22.3 Å². The van der Waals surface area contributed by atoms with Gasteiger partial charge in [0.25, 0.3) is 11.5 Å². The molecule has 8 heteroatoms. The molecule has 0 aromatic carbocycles. The number of hydrogen-bond acceptors (Lipinski definition) is 5. The maximum atomic E-state index is 12.4. The summed E-state index contributed by atoms with van der Waals surface area (Å²) in [6.45, 7) is 4.22. The molecule has 0 aliphatic carbocycles. The lowest BCUT2D eigenvalue weighted by Gasteiger charge is -2.31. The van der Waals surface area contributed by atoms with E-state index in [4.69, 9.17) is 5.73 Å². The minimum atomic E-state index is -0.638. The number of hydrogen-bond donors (Lipinski definition) is 4. The van der Waals surface area contributed by atoms with Gasteiger partial charge in [-0.15, -0.1) is 0 Å². The van der Waals surface area contributed by atoms with Crippen molar-refractivity contribution in [2.24, 2.45) is 5.73 Å². The van der Waals surface area contributed by atoms with E-state index in [2.05, 4.69) is 20.3 Å². The number of aromatic amines is 2. The van der Waals surface area contributed by atoms with Gasteiger partial charge in [-0.05, 0) is 18.9 Å². The third-order valence-corrected chi connectivity index (χ3v) is 3.98. The van der Waals surface area contributed by atoms with E-state index in [0.29, 0.717) is 19.4 Å². The van der Waals surface area contributed by atoms with Gasteiger partial charge >= 0.3 is 5.69 Å². The van der Waals surface area contributed by atoms with Gasteiger partial charge in [-0.25, -0.2) is 9.78 Å². The average molecular weight is 305 g/mol. The van der Waals surface area contributed by atoms with Crippen LogP contribution in [0.2, 0.25) is 0 Å². The molecule has 0 aliphatic rings. The Kier molecular flexibility index (Phi) is 4.41. The predicted molar refractivity (Wildman–Crippen MR) is 82.8 cm³/mol. The highest BCUT2D eigenvalue weighted by atomic mass is 16.2. The normalized spacial score (nSPS) is 11.6. The van der Waals surface area contributed by atoms with Crippen LogP contribution in [0.1, 0.15) is 37.0 Å². The van der Waals surface area contributed by atoms with Gasteiger partial charge < -0.3 is 11.1 Å². The van der Waals surface area contributed by atoms with Gasteiger partial charge in [-0.3, -0.25) is 19.6 Å². The van der Waals surface area contributed by atoms with Crippen molar-refractivity contribution >= 4 is 16.9 Å². The third kappa shape index (κ3) is 2.91. The van der Waals surface area contributed by atoms with E-state index in [-0.39, 0.29) is 22.5 Å². The van der Waals surface area contributed by atoms with Crippen LogP contribution >= 0.6 is 0 Å². The largest absolute Gasteiger partial charge is 0.345 e. The first-order valence-electron chi connectivity index (χ1n) is 7.09. The van der Waals surface area contributed by atoms with Crippen LogP contribution in [0.15, 0.2) is 21.9 Å². The number of nitrogens with zero attached hydrogens (tertiary/aromatic N) is 1. The Bertz CT molecular complexity index is 796. The fraction of sp³-hybridized carbons (Fsp3) is 0.429. The molecule has 118 valence electrons. The second-order valence-corrected chi connectivity index (χ2v) is 5.17. The van der Waals surface area contributed by atoms with E-state index in [1.54, 1.807) is 0 Å². The molecule has 0 radical (unpaired) electrons. The van der Waals surface area contributed by atoms with Gasteiger partial charge in [-0.2, -0.15) is 0 Å². The summed E-state index contributed by atoms with van der Waals surface area (Å²) in [5, 5.41) is 3.05. The highest BCUT2D eigenvalue weighted by molar-refractivity contribution is 5.97. The highest BCUT2D eigenvalue weighted by Crippen LogP contribution is 2.15. The molecule has 22 heavy (non-hydrogen) atoms. The van der Waals surface area contributed by atoms with Crippen LogP contribution in [0.25, 0.3) is 11.0 Å². The Hall–Kier alpha value is -2.48. The fourth-order valence-electron chi connectivity index (χ4n) is 2.25. The average Bonchev–Trinajstić information content (AvgIpc) is 2.52. The molecule has 0 aliphatic heterocycles. The first-order chi connectivity index (χ1) is 10.4. The summed E-state index contributed by atoms with van der Waals surface area (Å²) in [6.07, 6.45) is 2.71. The second-order valence-electron chi connectivity index (χ2n) is 5.17. The Balaban J connectivity index is 2.41. The zero-order chi connectivity index (χ0) is 16.3. The number of nitrogens with two attached hydrogens (primary N) is 1. The molecule has 0 saturated heterocycles. The number of H-pyrrole nitrogens is 2. The van der Waals surface area contributed by atoms with Gasteiger partial charge in [0, 0.05) is 12.7 Å². The topological polar surface area (TPSA) is 134 Å². The quantitative estimate of drug-likeness (QED) is 0.610. The van der Waals surface area contributed by atoms with Crippen molar-refractivity contribution < 1.29 is 4.79 Å². The molecule has 0 saturated carbocycles. The Morgan fingerprint density at radius 2 is 2.00 bits per heavy atom. The Morgan fingerprint density at radius 1 is 1.32 bits per heavy atom. The van der Waals surface area contributed by atoms with Crippen molar-refractivity contribution in [3.63, 3.8) is 0 Å². The Morgan fingerprint density at radius 3 is 2.59 bits per heavy atom. The number of fused-ring (bicyclic) bond motifs is 1. The second kappa shape index (κ2) is 6.10.